The van der Waals surface area contributed by atoms with Crippen molar-refractivity contribution in [1.82, 2.24) is 5.32 Å². The van der Waals surface area contributed by atoms with Crippen LogP contribution in [0.4, 0.5) is 0 Å². The summed E-state index contributed by atoms with van der Waals surface area (Å²) in [4.78, 5) is 35.6. The van der Waals surface area contributed by atoms with Gasteiger partial charge >= 0.3 is 11.9 Å². The van der Waals surface area contributed by atoms with Crippen LogP contribution in [-0.2, 0) is 19.1 Å². The highest BCUT2D eigenvalue weighted by Crippen LogP contribution is 2.12. The molecule has 0 aromatic carbocycles. The monoisotopic (exact) mass is 510 g/mol. The third-order valence-corrected chi connectivity index (χ3v) is 6.02. The zero-order chi connectivity index (χ0) is 27.2. The number of unbranched alkanes of at least 4 members (excludes halogenated alkanes) is 11. The lowest BCUT2D eigenvalue weighted by Gasteiger charge is -2.22. The Morgan fingerprint density at radius 3 is 1.89 bits per heavy atom. The number of amides is 1. The van der Waals surface area contributed by atoms with Crippen molar-refractivity contribution in [2.24, 2.45) is 5.73 Å². The first-order chi connectivity index (χ1) is 17.1. The number of carbonyl (C=O) groups excluding carboxylic acids is 2. The second kappa shape index (κ2) is 21.2. The Hall–Kier alpha value is -1.89. The van der Waals surface area contributed by atoms with Gasteiger partial charge in [0.15, 0.2) is 0 Å². The highest BCUT2D eigenvalue weighted by Gasteiger charge is 2.24. The predicted molar refractivity (Wildman–Crippen MR) is 147 cm³/mol. The van der Waals surface area contributed by atoms with Gasteiger partial charge < -0.3 is 20.9 Å². The fraction of sp³-hybridized carbons (Fsp3) is 0.828. The molecule has 0 aromatic rings. The minimum absolute atomic E-state index is 0.226. The third kappa shape index (κ3) is 21.4. The molecule has 210 valence electrons. The van der Waals surface area contributed by atoms with E-state index in [-0.39, 0.29) is 12.3 Å². The van der Waals surface area contributed by atoms with Crippen LogP contribution < -0.4 is 11.1 Å². The summed E-state index contributed by atoms with van der Waals surface area (Å²) in [5.41, 5.74) is 5.23. The highest BCUT2D eigenvalue weighted by molar-refractivity contribution is 5.83. The van der Waals surface area contributed by atoms with Crippen LogP contribution in [0.3, 0.4) is 0 Å². The molecule has 0 aliphatic heterocycles. The summed E-state index contributed by atoms with van der Waals surface area (Å²) >= 11 is 0. The van der Waals surface area contributed by atoms with Crippen LogP contribution in [0.5, 0.6) is 0 Å². The van der Waals surface area contributed by atoms with Crippen LogP contribution in [0.2, 0.25) is 0 Å². The molecule has 0 aliphatic carbocycles. The van der Waals surface area contributed by atoms with Crippen LogP contribution in [0, 0.1) is 0 Å². The Labute approximate surface area is 220 Å². The van der Waals surface area contributed by atoms with Gasteiger partial charge in [0.1, 0.15) is 17.7 Å². The summed E-state index contributed by atoms with van der Waals surface area (Å²) in [6.07, 6.45) is 21.4. The van der Waals surface area contributed by atoms with E-state index in [1.54, 1.807) is 20.8 Å². The molecule has 0 spiro atoms. The molecule has 7 nitrogen and oxygen atoms in total. The lowest BCUT2D eigenvalue weighted by Crippen LogP contribution is -2.41. The van der Waals surface area contributed by atoms with Gasteiger partial charge in [0, 0.05) is 6.42 Å². The smallest absolute Gasteiger partial charge is 0.326 e. The number of nitrogens with one attached hydrogen (secondary N) is 1. The van der Waals surface area contributed by atoms with Gasteiger partial charge in [-0.2, -0.15) is 0 Å². The molecular weight excluding hydrogens is 456 g/mol. The van der Waals surface area contributed by atoms with E-state index in [9.17, 15) is 19.5 Å². The topological polar surface area (TPSA) is 119 Å². The molecule has 0 rings (SSSR count). The van der Waals surface area contributed by atoms with E-state index in [1.807, 2.05) is 0 Å². The number of hydrogen-bond donors (Lipinski definition) is 3. The van der Waals surface area contributed by atoms with Crippen LogP contribution in [-0.4, -0.2) is 40.6 Å². The van der Waals surface area contributed by atoms with Crippen LogP contribution in [0.1, 0.15) is 137 Å². The molecule has 1 amide bonds. The van der Waals surface area contributed by atoms with Crippen LogP contribution in [0.15, 0.2) is 12.2 Å². The number of rotatable bonds is 22. The van der Waals surface area contributed by atoms with Crippen molar-refractivity contribution in [3.63, 3.8) is 0 Å². The molecule has 0 aliphatic rings. The second-order valence-corrected chi connectivity index (χ2v) is 10.9. The highest BCUT2D eigenvalue weighted by atomic mass is 16.6. The van der Waals surface area contributed by atoms with E-state index in [0.717, 1.165) is 32.1 Å². The van der Waals surface area contributed by atoms with Crippen molar-refractivity contribution in [3.8, 4) is 0 Å². The van der Waals surface area contributed by atoms with Crippen molar-refractivity contribution < 1.29 is 24.2 Å². The van der Waals surface area contributed by atoms with E-state index < -0.39 is 29.6 Å². The Morgan fingerprint density at radius 2 is 1.36 bits per heavy atom. The Bertz CT molecular complexity index is 628. The van der Waals surface area contributed by atoms with Crippen molar-refractivity contribution in [2.45, 2.75) is 155 Å². The average molecular weight is 511 g/mol. The van der Waals surface area contributed by atoms with E-state index in [0.29, 0.717) is 19.3 Å². The summed E-state index contributed by atoms with van der Waals surface area (Å²) in [5, 5.41) is 12.0. The van der Waals surface area contributed by atoms with E-state index >= 15 is 0 Å². The number of carboxylic acid groups (broad SMARTS) is 1. The molecule has 4 N–H and O–H groups in total. The number of ether oxygens (including phenoxy) is 1. The number of carbonyl (C=O) groups is 3. The van der Waals surface area contributed by atoms with Gasteiger partial charge in [-0.3, -0.25) is 9.59 Å². The lowest BCUT2D eigenvalue weighted by molar-refractivity contribution is -0.156. The van der Waals surface area contributed by atoms with E-state index in [2.05, 4.69) is 24.4 Å². The first kappa shape index (κ1) is 34.1. The first-order valence-corrected chi connectivity index (χ1v) is 14.2. The molecule has 1 unspecified atom stereocenters. The van der Waals surface area contributed by atoms with Crippen molar-refractivity contribution in [2.75, 3.05) is 0 Å². The quantitative estimate of drug-likeness (QED) is 0.0877. The SMILES string of the molecule is CCCCCCCC/C=C\CCCCCCCC(=O)N[C@@H](CCCC(N)C(=O)OC(C)(C)C)C(=O)O. The Balaban J connectivity index is 3.84. The fourth-order valence-corrected chi connectivity index (χ4v) is 3.92. The first-order valence-electron chi connectivity index (χ1n) is 14.2. The number of hydrogen-bond acceptors (Lipinski definition) is 5. The maximum atomic E-state index is 12.2. The zero-order valence-corrected chi connectivity index (χ0v) is 23.5. The van der Waals surface area contributed by atoms with Gasteiger partial charge in [0.2, 0.25) is 5.91 Å². The van der Waals surface area contributed by atoms with Gasteiger partial charge in [0.25, 0.3) is 0 Å². The van der Waals surface area contributed by atoms with Crippen molar-refractivity contribution in [3.05, 3.63) is 12.2 Å². The normalized spacial score (nSPS) is 13.5. The maximum absolute atomic E-state index is 12.2. The van der Waals surface area contributed by atoms with E-state index in [1.165, 1.54) is 51.4 Å². The Morgan fingerprint density at radius 1 is 0.833 bits per heavy atom. The van der Waals surface area contributed by atoms with Gasteiger partial charge in [-0.05, 0) is 72.1 Å². The van der Waals surface area contributed by atoms with E-state index in [4.69, 9.17) is 10.5 Å². The third-order valence-electron chi connectivity index (χ3n) is 6.02. The summed E-state index contributed by atoms with van der Waals surface area (Å²) in [6.45, 7) is 7.55. The number of esters is 1. The molecule has 0 radical (unpaired) electrons. The molecule has 0 saturated heterocycles. The minimum Gasteiger partial charge on any atom is -0.480 e. The number of aliphatic carboxylic acids is 1. The zero-order valence-electron chi connectivity index (χ0n) is 23.5. The number of carboxylic acids is 1. The average Bonchev–Trinajstić information content (AvgIpc) is 2.79. The molecule has 0 bridgehead atoms. The second-order valence-electron chi connectivity index (χ2n) is 10.9. The van der Waals surface area contributed by atoms with Crippen LogP contribution in [0.25, 0.3) is 0 Å². The largest absolute Gasteiger partial charge is 0.480 e. The standard InChI is InChI=1S/C29H54N2O5/c1-5-6-7-8-9-10-11-12-13-14-15-16-17-18-19-23-26(32)31-25(27(33)34)22-20-21-24(30)28(35)36-29(2,3)4/h12-13,24-25H,5-11,14-23,30H2,1-4H3,(H,31,32)(H,33,34)/b13-12-/t24?,25-/m0/s1. The van der Waals surface area contributed by atoms with Gasteiger partial charge in [-0.15, -0.1) is 0 Å². The number of nitrogens with two attached hydrogens (primary N) is 1. The Kier molecular flexibility index (Phi) is 20.1. The molecule has 0 heterocycles. The molecule has 2 atom stereocenters. The van der Waals surface area contributed by atoms with Gasteiger partial charge in [-0.1, -0.05) is 70.4 Å². The van der Waals surface area contributed by atoms with Crippen molar-refractivity contribution in [1.29, 1.82) is 0 Å². The van der Waals surface area contributed by atoms with Gasteiger partial charge in [-0.25, -0.2) is 4.79 Å². The summed E-state index contributed by atoms with van der Waals surface area (Å²) < 4.78 is 5.23. The lowest BCUT2D eigenvalue weighted by atomic mass is 10.0. The molecule has 7 heteroatoms. The van der Waals surface area contributed by atoms with Crippen molar-refractivity contribution >= 4 is 17.8 Å². The molecule has 36 heavy (non-hydrogen) atoms. The molecule has 0 saturated carbocycles. The fourth-order valence-electron chi connectivity index (χ4n) is 3.92. The maximum Gasteiger partial charge on any atom is 0.326 e. The summed E-state index contributed by atoms with van der Waals surface area (Å²) in [6, 6.07) is -1.77. The number of allylic oxidation sites excluding steroid dienone is 2. The summed E-state index contributed by atoms with van der Waals surface area (Å²) in [5.74, 6) is -1.81. The summed E-state index contributed by atoms with van der Waals surface area (Å²) in [7, 11) is 0. The molecular formula is C29H54N2O5. The predicted octanol–water partition coefficient (Wildman–Crippen LogP) is 6.43. The van der Waals surface area contributed by atoms with Gasteiger partial charge in [0.05, 0.1) is 0 Å². The minimum atomic E-state index is -1.07. The van der Waals surface area contributed by atoms with Crippen LogP contribution >= 0.6 is 0 Å². The molecule has 0 aromatic heterocycles. The molecule has 0 fully saturated rings.